The van der Waals surface area contributed by atoms with E-state index in [0.717, 1.165) is 9.80 Å². The number of halogens is 1. The summed E-state index contributed by atoms with van der Waals surface area (Å²) in [5.41, 5.74) is 0.977. The number of carbonyl (C=O) groups is 3. The Morgan fingerprint density at radius 1 is 1.08 bits per heavy atom. The Morgan fingerprint density at radius 2 is 1.76 bits per heavy atom. The first-order valence-corrected chi connectivity index (χ1v) is 8.97. The molecule has 3 amide bonds. The molecule has 0 fully saturated rings. The Labute approximate surface area is 154 Å². The smallest absolute Gasteiger partial charge is 0.261 e. The Morgan fingerprint density at radius 3 is 2.48 bits per heavy atom. The standard InChI is InChI=1S/C18H15ClN2O3S/c1-21-17(23)14-7-2-11(10-15(14)18(21)24)16(22)20-8-9-25-13-5-3-12(19)4-6-13/h2-7,10H,8-9H2,1H3,(H,20,22). The van der Waals surface area contributed by atoms with Gasteiger partial charge in [-0.3, -0.25) is 19.3 Å². The maximum atomic E-state index is 12.2. The molecule has 7 heteroatoms. The van der Waals surface area contributed by atoms with Gasteiger partial charge in [0, 0.05) is 34.8 Å². The fraction of sp³-hybridized carbons (Fsp3) is 0.167. The molecule has 0 bridgehead atoms. The fourth-order valence-electron chi connectivity index (χ4n) is 2.47. The summed E-state index contributed by atoms with van der Waals surface area (Å²) in [6.07, 6.45) is 0. The van der Waals surface area contributed by atoms with Crippen molar-refractivity contribution in [3.05, 3.63) is 64.2 Å². The van der Waals surface area contributed by atoms with Gasteiger partial charge < -0.3 is 5.32 Å². The van der Waals surface area contributed by atoms with Crippen LogP contribution in [-0.2, 0) is 0 Å². The van der Waals surface area contributed by atoms with Gasteiger partial charge in [-0.1, -0.05) is 11.6 Å². The van der Waals surface area contributed by atoms with Gasteiger partial charge in [0.1, 0.15) is 0 Å². The Kier molecular flexibility index (Phi) is 5.11. The first-order valence-electron chi connectivity index (χ1n) is 7.60. The zero-order chi connectivity index (χ0) is 18.0. The van der Waals surface area contributed by atoms with Crippen LogP contribution in [0.5, 0.6) is 0 Å². The second kappa shape index (κ2) is 7.29. The number of carbonyl (C=O) groups excluding carboxylic acids is 3. The monoisotopic (exact) mass is 374 g/mol. The molecule has 0 saturated heterocycles. The van der Waals surface area contributed by atoms with Gasteiger partial charge in [0.15, 0.2) is 0 Å². The highest BCUT2D eigenvalue weighted by molar-refractivity contribution is 7.99. The van der Waals surface area contributed by atoms with E-state index < -0.39 is 0 Å². The summed E-state index contributed by atoms with van der Waals surface area (Å²) in [7, 11) is 1.43. The molecule has 1 heterocycles. The van der Waals surface area contributed by atoms with E-state index >= 15 is 0 Å². The van der Waals surface area contributed by atoms with Crippen molar-refractivity contribution >= 4 is 41.1 Å². The number of amides is 3. The summed E-state index contributed by atoms with van der Waals surface area (Å²) < 4.78 is 0. The molecule has 25 heavy (non-hydrogen) atoms. The maximum absolute atomic E-state index is 12.2. The van der Waals surface area contributed by atoms with Crippen molar-refractivity contribution in [3.8, 4) is 0 Å². The van der Waals surface area contributed by atoms with Gasteiger partial charge in [-0.25, -0.2) is 0 Å². The molecule has 2 aromatic carbocycles. The zero-order valence-corrected chi connectivity index (χ0v) is 15.0. The number of thioether (sulfide) groups is 1. The average Bonchev–Trinajstić information content (AvgIpc) is 2.84. The van der Waals surface area contributed by atoms with E-state index in [1.807, 2.05) is 24.3 Å². The normalized spacial score (nSPS) is 13.1. The number of hydrogen-bond acceptors (Lipinski definition) is 4. The van der Waals surface area contributed by atoms with Gasteiger partial charge in [-0.15, -0.1) is 11.8 Å². The molecule has 0 spiro atoms. The lowest BCUT2D eigenvalue weighted by Crippen LogP contribution is -2.26. The van der Waals surface area contributed by atoms with Crippen LogP contribution in [-0.4, -0.2) is 42.0 Å². The molecule has 3 rings (SSSR count). The quantitative estimate of drug-likeness (QED) is 0.496. The summed E-state index contributed by atoms with van der Waals surface area (Å²) in [5.74, 6) is -0.285. The van der Waals surface area contributed by atoms with E-state index in [4.69, 9.17) is 11.6 Å². The van der Waals surface area contributed by atoms with Crippen LogP contribution in [0.4, 0.5) is 0 Å². The van der Waals surface area contributed by atoms with Crippen LogP contribution in [0.1, 0.15) is 31.1 Å². The number of rotatable bonds is 5. The highest BCUT2D eigenvalue weighted by atomic mass is 35.5. The third-order valence-corrected chi connectivity index (χ3v) is 5.09. The van der Waals surface area contributed by atoms with Crippen molar-refractivity contribution < 1.29 is 14.4 Å². The van der Waals surface area contributed by atoms with Gasteiger partial charge in [-0.05, 0) is 42.5 Å². The summed E-state index contributed by atoms with van der Waals surface area (Å²) in [4.78, 5) is 38.2. The molecule has 1 aliphatic rings. The van der Waals surface area contributed by atoms with E-state index in [-0.39, 0.29) is 23.3 Å². The van der Waals surface area contributed by atoms with Gasteiger partial charge in [-0.2, -0.15) is 0 Å². The number of nitrogens with one attached hydrogen (secondary N) is 1. The summed E-state index contributed by atoms with van der Waals surface area (Å²) >= 11 is 7.45. The van der Waals surface area contributed by atoms with Gasteiger partial charge in [0.05, 0.1) is 11.1 Å². The summed E-state index contributed by atoms with van der Waals surface area (Å²) in [6, 6.07) is 12.1. The number of imide groups is 1. The fourth-order valence-corrected chi connectivity index (χ4v) is 3.36. The molecule has 0 radical (unpaired) electrons. The molecule has 0 aliphatic carbocycles. The molecular weight excluding hydrogens is 360 g/mol. The number of benzene rings is 2. The molecule has 1 N–H and O–H groups in total. The Balaban J connectivity index is 1.56. The van der Waals surface area contributed by atoms with E-state index in [1.54, 1.807) is 17.8 Å². The Hall–Kier alpha value is -2.31. The maximum Gasteiger partial charge on any atom is 0.261 e. The van der Waals surface area contributed by atoms with E-state index in [9.17, 15) is 14.4 Å². The van der Waals surface area contributed by atoms with Crippen LogP contribution in [0.25, 0.3) is 0 Å². The van der Waals surface area contributed by atoms with Crippen LogP contribution in [0, 0.1) is 0 Å². The van der Waals surface area contributed by atoms with Crippen LogP contribution in [0.15, 0.2) is 47.4 Å². The number of nitrogens with zero attached hydrogens (tertiary/aromatic N) is 1. The van der Waals surface area contributed by atoms with Crippen LogP contribution >= 0.6 is 23.4 Å². The zero-order valence-electron chi connectivity index (χ0n) is 13.4. The molecular formula is C18H15ClN2O3S. The first-order chi connectivity index (χ1) is 12.0. The molecule has 5 nitrogen and oxygen atoms in total. The topological polar surface area (TPSA) is 66.5 Å². The largest absolute Gasteiger partial charge is 0.351 e. The van der Waals surface area contributed by atoms with Crippen molar-refractivity contribution in [1.29, 1.82) is 0 Å². The van der Waals surface area contributed by atoms with Crippen molar-refractivity contribution in [2.45, 2.75) is 4.90 Å². The molecule has 128 valence electrons. The molecule has 1 aliphatic heterocycles. The lowest BCUT2D eigenvalue weighted by molar-refractivity contribution is 0.0693. The molecule has 0 unspecified atom stereocenters. The average molecular weight is 375 g/mol. The Bertz CT molecular complexity index is 852. The summed E-state index contributed by atoms with van der Waals surface area (Å²) in [5, 5.41) is 3.50. The number of fused-ring (bicyclic) bond motifs is 1. The molecule has 0 saturated carbocycles. The van der Waals surface area contributed by atoms with Gasteiger partial charge in [0.25, 0.3) is 17.7 Å². The lowest BCUT2D eigenvalue weighted by Gasteiger charge is -2.06. The third kappa shape index (κ3) is 3.70. The highest BCUT2D eigenvalue weighted by Crippen LogP contribution is 2.23. The second-order valence-corrected chi connectivity index (χ2v) is 7.09. The number of hydrogen-bond donors (Lipinski definition) is 1. The highest BCUT2D eigenvalue weighted by Gasteiger charge is 2.33. The van der Waals surface area contributed by atoms with Gasteiger partial charge in [0.2, 0.25) is 0 Å². The van der Waals surface area contributed by atoms with Crippen molar-refractivity contribution in [2.75, 3.05) is 19.3 Å². The lowest BCUT2D eigenvalue weighted by atomic mass is 10.1. The van der Waals surface area contributed by atoms with E-state index in [2.05, 4.69) is 5.32 Å². The van der Waals surface area contributed by atoms with Crippen LogP contribution < -0.4 is 5.32 Å². The predicted octanol–water partition coefficient (Wildman–Crippen LogP) is 3.09. The van der Waals surface area contributed by atoms with Gasteiger partial charge >= 0.3 is 0 Å². The predicted molar refractivity (Wildman–Crippen MR) is 97.4 cm³/mol. The molecule has 2 aromatic rings. The molecule has 0 atom stereocenters. The second-order valence-electron chi connectivity index (χ2n) is 5.49. The van der Waals surface area contributed by atoms with Crippen molar-refractivity contribution in [2.24, 2.45) is 0 Å². The summed E-state index contributed by atoms with van der Waals surface area (Å²) in [6.45, 7) is 0.482. The van der Waals surface area contributed by atoms with Crippen LogP contribution in [0.2, 0.25) is 5.02 Å². The minimum Gasteiger partial charge on any atom is -0.351 e. The minimum atomic E-state index is -0.382. The van der Waals surface area contributed by atoms with E-state index in [1.165, 1.54) is 19.2 Å². The third-order valence-electron chi connectivity index (χ3n) is 3.82. The SMILES string of the molecule is CN1C(=O)c2ccc(C(=O)NCCSc3ccc(Cl)cc3)cc2C1=O. The van der Waals surface area contributed by atoms with Crippen LogP contribution in [0.3, 0.4) is 0 Å². The van der Waals surface area contributed by atoms with Crippen molar-refractivity contribution in [3.63, 3.8) is 0 Å². The minimum absolute atomic E-state index is 0.269. The van der Waals surface area contributed by atoms with E-state index in [0.29, 0.717) is 28.4 Å². The molecule has 0 aromatic heterocycles. The first kappa shape index (κ1) is 17.5. The van der Waals surface area contributed by atoms with Crippen molar-refractivity contribution in [1.82, 2.24) is 10.2 Å².